The molecule has 4 N–H and O–H groups in total. The summed E-state index contributed by atoms with van der Waals surface area (Å²) >= 11 is 0. The predicted molar refractivity (Wildman–Crippen MR) is 52.8 cm³/mol. The Morgan fingerprint density at radius 2 is 1.44 bits per heavy atom. The van der Waals surface area contributed by atoms with Crippen LogP contribution in [0.2, 0.25) is 0 Å². The third kappa shape index (κ3) is 4.37. The Hall–Kier alpha value is -1.55. The molecule has 104 valence electrons. The summed E-state index contributed by atoms with van der Waals surface area (Å²) in [6.45, 7) is 0.917. The Morgan fingerprint density at radius 1 is 0.944 bits per heavy atom. The number of ether oxygens (including phenoxy) is 2. The van der Waals surface area contributed by atoms with Crippen LogP contribution in [-0.4, -0.2) is 69.9 Å². The first-order valence-corrected chi connectivity index (χ1v) is 4.73. The first kappa shape index (κ1) is 16.4. The van der Waals surface area contributed by atoms with Crippen LogP contribution in [0.3, 0.4) is 0 Å². The molecule has 0 amide bonds. The molecular weight excluding hydrogens is 252 g/mol. The van der Waals surface area contributed by atoms with Crippen molar-refractivity contribution in [3.8, 4) is 0 Å². The Bertz CT molecular complexity index is 326. The molecule has 1 unspecified atom stereocenters. The van der Waals surface area contributed by atoms with Crippen LogP contribution in [0.4, 0.5) is 0 Å². The zero-order chi connectivity index (χ0) is 14.5. The minimum atomic E-state index is -2.32. The van der Waals surface area contributed by atoms with E-state index in [1.165, 1.54) is 0 Å². The van der Waals surface area contributed by atoms with Crippen LogP contribution in [0.15, 0.2) is 0 Å². The van der Waals surface area contributed by atoms with Gasteiger partial charge in [-0.15, -0.1) is 0 Å². The second-order valence-corrected chi connectivity index (χ2v) is 3.26. The van der Waals surface area contributed by atoms with Crippen LogP contribution in [0.5, 0.6) is 0 Å². The first-order chi connectivity index (χ1) is 8.22. The summed E-state index contributed by atoms with van der Waals surface area (Å²) in [7, 11) is 0.910. The van der Waals surface area contributed by atoms with Crippen LogP contribution in [0.25, 0.3) is 0 Å². The summed E-state index contributed by atoms with van der Waals surface area (Å²) in [5.74, 6) is -3.77. The standard InChI is InChI=1S/C9H14O9/c1-3(10)18-9(16)7(14)5(12)4(11)6(13)8(15)17-2/h4,6-7,9,11,13-14,16H,1-2H3/t4-,6-,7+,9?/m0/s1. The number of Topliss-reactive ketones (excluding diaryl/α,β-unsaturated/α-hetero) is 1. The van der Waals surface area contributed by atoms with E-state index in [1.807, 2.05) is 0 Å². The van der Waals surface area contributed by atoms with E-state index in [0.29, 0.717) is 0 Å². The maximum absolute atomic E-state index is 11.3. The van der Waals surface area contributed by atoms with Gasteiger partial charge in [-0.05, 0) is 0 Å². The second-order valence-electron chi connectivity index (χ2n) is 3.26. The van der Waals surface area contributed by atoms with Gasteiger partial charge in [-0.25, -0.2) is 4.79 Å². The van der Waals surface area contributed by atoms with Crippen molar-refractivity contribution in [1.82, 2.24) is 0 Å². The summed E-state index contributed by atoms with van der Waals surface area (Å²) in [6, 6.07) is 0. The van der Waals surface area contributed by atoms with Gasteiger partial charge in [0.1, 0.15) is 0 Å². The lowest BCUT2D eigenvalue weighted by Crippen LogP contribution is -2.49. The number of methoxy groups -OCH3 is 1. The second kappa shape index (κ2) is 7.01. The third-order valence-electron chi connectivity index (χ3n) is 1.88. The number of aliphatic hydroxyl groups excluding tert-OH is 4. The molecule has 0 aliphatic heterocycles. The molecule has 0 aliphatic rings. The number of rotatable bonds is 6. The Labute approximate surface area is 102 Å². The minimum absolute atomic E-state index is 0.910. The molecule has 18 heavy (non-hydrogen) atoms. The van der Waals surface area contributed by atoms with Crippen molar-refractivity contribution in [2.45, 2.75) is 31.5 Å². The maximum atomic E-state index is 11.3. The molecule has 0 saturated carbocycles. The van der Waals surface area contributed by atoms with Crippen molar-refractivity contribution >= 4 is 17.7 Å². The number of esters is 2. The molecule has 0 spiro atoms. The maximum Gasteiger partial charge on any atom is 0.337 e. The van der Waals surface area contributed by atoms with Gasteiger partial charge < -0.3 is 29.9 Å². The number of ketones is 1. The van der Waals surface area contributed by atoms with E-state index in [2.05, 4.69) is 9.47 Å². The highest BCUT2D eigenvalue weighted by molar-refractivity contribution is 5.92. The fraction of sp³-hybridized carbons (Fsp3) is 0.667. The first-order valence-electron chi connectivity index (χ1n) is 4.73. The third-order valence-corrected chi connectivity index (χ3v) is 1.88. The van der Waals surface area contributed by atoms with E-state index in [4.69, 9.17) is 10.2 Å². The molecule has 0 radical (unpaired) electrons. The molecule has 9 nitrogen and oxygen atoms in total. The fourth-order valence-corrected chi connectivity index (χ4v) is 0.955. The van der Waals surface area contributed by atoms with Crippen molar-refractivity contribution in [3.63, 3.8) is 0 Å². The molecular formula is C9H14O9. The molecule has 4 atom stereocenters. The average Bonchev–Trinajstić information content (AvgIpc) is 2.33. The van der Waals surface area contributed by atoms with Gasteiger partial charge in [-0.3, -0.25) is 9.59 Å². The van der Waals surface area contributed by atoms with Crippen LogP contribution < -0.4 is 0 Å². The van der Waals surface area contributed by atoms with Crippen molar-refractivity contribution in [2.24, 2.45) is 0 Å². The lowest BCUT2D eigenvalue weighted by Gasteiger charge is -2.20. The van der Waals surface area contributed by atoms with E-state index in [-0.39, 0.29) is 0 Å². The van der Waals surface area contributed by atoms with Gasteiger partial charge in [0.2, 0.25) is 6.29 Å². The summed E-state index contributed by atoms with van der Waals surface area (Å²) in [5, 5.41) is 36.6. The summed E-state index contributed by atoms with van der Waals surface area (Å²) in [6.07, 6.45) is -9.06. The molecule has 0 aromatic heterocycles. The topological polar surface area (TPSA) is 151 Å². The monoisotopic (exact) mass is 266 g/mol. The quantitative estimate of drug-likeness (QED) is 0.286. The fourth-order valence-electron chi connectivity index (χ4n) is 0.955. The van der Waals surface area contributed by atoms with E-state index >= 15 is 0 Å². The van der Waals surface area contributed by atoms with E-state index in [0.717, 1.165) is 14.0 Å². The summed E-state index contributed by atoms with van der Waals surface area (Å²) < 4.78 is 8.14. The Balaban J connectivity index is 4.63. The highest BCUT2D eigenvalue weighted by Gasteiger charge is 2.38. The molecule has 0 aromatic rings. The molecule has 0 saturated heterocycles. The average molecular weight is 266 g/mol. The number of carbonyl (C=O) groups excluding carboxylic acids is 3. The van der Waals surface area contributed by atoms with Gasteiger partial charge in [-0.2, -0.15) is 0 Å². The summed E-state index contributed by atoms with van der Waals surface area (Å²) in [5.41, 5.74) is 0. The molecule has 0 rings (SSSR count). The van der Waals surface area contributed by atoms with E-state index in [9.17, 15) is 24.6 Å². The number of aliphatic hydroxyl groups is 4. The van der Waals surface area contributed by atoms with Crippen LogP contribution in [0, 0.1) is 0 Å². The normalized spacial score (nSPS) is 17.2. The van der Waals surface area contributed by atoms with Crippen LogP contribution in [-0.2, 0) is 23.9 Å². The zero-order valence-electron chi connectivity index (χ0n) is 9.64. The highest BCUT2D eigenvalue weighted by Crippen LogP contribution is 2.06. The zero-order valence-corrected chi connectivity index (χ0v) is 9.64. The molecule has 0 fully saturated rings. The number of carbonyl (C=O) groups is 3. The molecule has 9 heteroatoms. The van der Waals surface area contributed by atoms with Gasteiger partial charge in [-0.1, -0.05) is 0 Å². The molecule has 0 aromatic carbocycles. The molecule has 0 bridgehead atoms. The van der Waals surface area contributed by atoms with Gasteiger partial charge in [0.25, 0.3) is 0 Å². The molecule has 0 aliphatic carbocycles. The van der Waals surface area contributed by atoms with E-state index < -0.39 is 42.3 Å². The van der Waals surface area contributed by atoms with Crippen molar-refractivity contribution < 1.29 is 44.3 Å². The van der Waals surface area contributed by atoms with Gasteiger partial charge >= 0.3 is 11.9 Å². The predicted octanol–water partition coefficient (Wildman–Crippen LogP) is -3.31. The van der Waals surface area contributed by atoms with Crippen LogP contribution >= 0.6 is 0 Å². The van der Waals surface area contributed by atoms with Crippen molar-refractivity contribution in [3.05, 3.63) is 0 Å². The van der Waals surface area contributed by atoms with Gasteiger partial charge in [0, 0.05) is 6.92 Å². The highest BCUT2D eigenvalue weighted by atomic mass is 16.6. The van der Waals surface area contributed by atoms with Crippen LogP contribution in [0.1, 0.15) is 6.92 Å². The number of hydrogen-bond acceptors (Lipinski definition) is 9. The van der Waals surface area contributed by atoms with Crippen molar-refractivity contribution in [2.75, 3.05) is 7.11 Å². The minimum Gasteiger partial charge on any atom is -0.467 e. The summed E-state index contributed by atoms with van der Waals surface area (Å²) in [4.78, 5) is 32.6. The van der Waals surface area contributed by atoms with E-state index in [1.54, 1.807) is 0 Å². The lowest BCUT2D eigenvalue weighted by molar-refractivity contribution is -0.191. The van der Waals surface area contributed by atoms with Crippen molar-refractivity contribution in [1.29, 1.82) is 0 Å². The SMILES string of the molecule is COC(=O)[C@@H](O)[C@@H](O)C(=O)[C@@H](O)C(O)OC(C)=O. The molecule has 0 heterocycles. The smallest absolute Gasteiger partial charge is 0.337 e. The largest absolute Gasteiger partial charge is 0.467 e. The Kier molecular flexibility index (Phi) is 6.41. The lowest BCUT2D eigenvalue weighted by atomic mass is 10.0. The van der Waals surface area contributed by atoms with Gasteiger partial charge in [0.15, 0.2) is 24.1 Å². The Morgan fingerprint density at radius 3 is 1.83 bits per heavy atom. The number of hydrogen-bond donors (Lipinski definition) is 4. The van der Waals surface area contributed by atoms with Gasteiger partial charge in [0.05, 0.1) is 7.11 Å².